The molecule has 0 atom stereocenters. The average molecular weight is 265 g/mol. The van der Waals surface area contributed by atoms with Gasteiger partial charge < -0.3 is 9.47 Å². The van der Waals surface area contributed by atoms with Gasteiger partial charge in [0.05, 0.1) is 6.61 Å². The van der Waals surface area contributed by atoms with E-state index in [0.717, 1.165) is 5.75 Å². The Labute approximate surface area is 111 Å². The number of hydrogen-bond donors (Lipinski definition) is 0. The molecule has 2 rings (SSSR count). The van der Waals surface area contributed by atoms with Gasteiger partial charge in [-0.25, -0.2) is 9.97 Å². The summed E-state index contributed by atoms with van der Waals surface area (Å²) in [5.41, 5.74) is 0.709. The van der Waals surface area contributed by atoms with Gasteiger partial charge in [-0.15, -0.1) is 0 Å². The molecule has 0 aliphatic carbocycles. The van der Waals surface area contributed by atoms with E-state index in [1.165, 1.54) is 6.33 Å². The molecule has 0 radical (unpaired) electrons. The van der Waals surface area contributed by atoms with Gasteiger partial charge in [-0.2, -0.15) is 0 Å². The van der Waals surface area contributed by atoms with Gasteiger partial charge in [-0.05, 0) is 26.0 Å². The number of rotatable bonds is 4. The molecule has 0 aliphatic heterocycles. The predicted molar refractivity (Wildman–Crippen MR) is 69.5 cm³/mol. The van der Waals surface area contributed by atoms with Crippen molar-refractivity contribution in [2.24, 2.45) is 0 Å². The van der Waals surface area contributed by atoms with Crippen molar-refractivity contribution in [3.8, 4) is 17.4 Å². The van der Waals surface area contributed by atoms with Crippen molar-refractivity contribution in [3.05, 3.63) is 41.3 Å². The van der Waals surface area contributed by atoms with E-state index in [2.05, 4.69) is 9.97 Å². The summed E-state index contributed by atoms with van der Waals surface area (Å²) in [6.07, 6.45) is 1.37. The lowest BCUT2D eigenvalue weighted by Gasteiger charge is -2.09. The molecule has 1 aromatic carbocycles. The quantitative estimate of drug-likeness (QED) is 0.791. The van der Waals surface area contributed by atoms with Crippen LogP contribution in [0.25, 0.3) is 0 Å². The van der Waals surface area contributed by atoms with Crippen molar-refractivity contribution >= 4 is 11.6 Å². The van der Waals surface area contributed by atoms with Gasteiger partial charge in [-0.3, -0.25) is 0 Å². The second-order valence-electron chi connectivity index (χ2n) is 3.60. The second kappa shape index (κ2) is 5.69. The number of halogens is 1. The van der Waals surface area contributed by atoms with Crippen LogP contribution in [0.1, 0.15) is 12.5 Å². The highest BCUT2D eigenvalue weighted by Gasteiger charge is 2.07. The van der Waals surface area contributed by atoms with Crippen molar-refractivity contribution in [1.82, 2.24) is 9.97 Å². The van der Waals surface area contributed by atoms with Crippen LogP contribution in [0.2, 0.25) is 5.15 Å². The highest BCUT2D eigenvalue weighted by atomic mass is 35.5. The van der Waals surface area contributed by atoms with Crippen molar-refractivity contribution in [2.45, 2.75) is 13.8 Å². The van der Waals surface area contributed by atoms with Gasteiger partial charge in [0.25, 0.3) is 0 Å². The van der Waals surface area contributed by atoms with E-state index in [4.69, 9.17) is 21.1 Å². The second-order valence-corrected chi connectivity index (χ2v) is 3.96. The van der Waals surface area contributed by atoms with E-state index in [-0.39, 0.29) is 0 Å². The van der Waals surface area contributed by atoms with Crippen LogP contribution in [0, 0.1) is 6.92 Å². The summed E-state index contributed by atoms with van der Waals surface area (Å²) in [5, 5.41) is 0.390. The molecule has 1 aromatic heterocycles. The molecule has 0 unspecified atom stereocenters. The van der Waals surface area contributed by atoms with Gasteiger partial charge in [0.2, 0.25) is 5.88 Å². The fourth-order valence-corrected chi connectivity index (χ4v) is 1.55. The monoisotopic (exact) mass is 264 g/mol. The molecule has 1 heterocycles. The highest BCUT2D eigenvalue weighted by Crippen LogP contribution is 2.27. The SMILES string of the molecule is CCOc1cccc(Oc2ncnc(Cl)c2C)c1. The first-order chi connectivity index (χ1) is 8.70. The first-order valence-electron chi connectivity index (χ1n) is 5.58. The van der Waals surface area contributed by atoms with Gasteiger partial charge in [-0.1, -0.05) is 17.7 Å². The molecule has 94 valence electrons. The average Bonchev–Trinajstić information content (AvgIpc) is 2.36. The summed E-state index contributed by atoms with van der Waals surface area (Å²) in [4.78, 5) is 7.93. The molecule has 2 aromatic rings. The molecule has 0 saturated heterocycles. The summed E-state index contributed by atoms with van der Waals surface area (Å²) < 4.78 is 11.1. The molecule has 0 saturated carbocycles. The fraction of sp³-hybridized carbons (Fsp3) is 0.231. The van der Waals surface area contributed by atoms with Crippen molar-refractivity contribution < 1.29 is 9.47 Å². The lowest BCUT2D eigenvalue weighted by molar-refractivity contribution is 0.338. The largest absolute Gasteiger partial charge is 0.494 e. The standard InChI is InChI=1S/C13H13ClN2O2/c1-3-17-10-5-4-6-11(7-10)18-13-9(2)12(14)15-8-16-13/h4-8H,3H2,1-2H3. The van der Waals surface area contributed by atoms with Crippen LogP contribution in [-0.2, 0) is 0 Å². The lowest BCUT2D eigenvalue weighted by Crippen LogP contribution is -1.95. The first kappa shape index (κ1) is 12.6. The molecule has 18 heavy (non-hydrogen) atoms. The minimum atomic E-state index is 0.390. The van der Waals surface area contributed by atoms with Crippen molar-refractivity contribution in [1.29, 1.82) is 0 Å². The first-order valence-corrected chi connectivity index (χ1v) is 5.96. The van der Waals surface area contributed by atoms with Gasteiger partial charge in [0.1, 0.15) is 23.0 Å². The maximum Gasteiger partial charge on any atom is 0.226 e. The van der Waals surface area contributed by atoms with Crippen LogP contribution in [0.15, 0.2) is 30.6 Å². The third-order valence-electron chi connectivity index (χ3n) is 2.31. The van der Waals surface area contributed by atoms with Crippen molar-refractivity contribution in [2.75, 3.05) is 6.61 Å². The zero-order chi connectivity index (χ0) is 13.0. The van der Waals surface area contributed by atoms with E-state index >= 15 is 0 Å². The minimum Gasteiger partial charge on any atom is -0.494 e. The summed E-state index contributed by atoms with van der Waals surface area (Å²) in [7, 11) is 0. The Kier molecular flexibility index (Phi) is 3.99. The molecule has 0 N–H and O–H groups in total. The number of nitrogens with zero attached hydrogens (tertiary/aromatic N) is 2. The maximum absolute atomic E-state index is 5.91. The van der Waals surface area contributed by atoms with E-state index in [9.17, 15) is 0 Å². The smallest absolute Gasteiger partial charge is 0.226 e. The van der Waals surface area contributed by atoms with Crippen LogP contribution in [-0.4, -0.2) is 16.6 Å². The van der Waals surface area contributed by atoms with Crippen molar-refractivity contribution in [3.63, 3.8) is 0 Å². The molecule has 4 nitrogen and oxygen atoms in total. The Hall–Kier alpha value is -1.81. The Bertz CT molecular complexity index is 546. The van der Waals surface area contributed by atoms with Gasteiger partial charge >= 0.3 is 0 Å². The molecule has 0 spiro atoms. The van der Waals surface area contributed by atoms with E-state index in [1.54, 1.807) is 6.07 Å². The molecular formula is C13H13ClN2O2. The molecule has 0 bridgehead atoms. The molecule has 0 aliphatic rings. The predicted octanol–water partition coefficient (Wildman–Crippen LogP) is 3.63. The molecule has 0 amide bonds. The van der Waals surface area contributed by atoms with Crippen LogP contribution in [0.3, 0.4) is 0 Å². The lowest BCUT2D eigenvalue weighted by atomic mass is 10.3. The number of aromatic nitrogens is 2. The van der Waals surface area contributed by atoms with Crippen LogP contribution in [0.4, 0.5) is 0 Å². The Morgan fingerprint density at radius 2 is 2.00 bits per heavy atom. The Morgan fingerprint density at radius 3 is 2.78 bits per heavy atom. The maximum atomic E-state index is 5.91. The number of benzene rings is 1. The van der Waals surface area contributed by atoms with Crippen LogP contribution >= 0.6 is 11.6 Å². The number of ether oxygens (including phenoxy) is 2. The van der Waals surface area contributed by atoms with E-state index in [1.807, 2.05) is 32.0 Å². The fourth-order valence-electron chi connectivity index (χ4n) is 1.42. The Morgan fingerprint density at radius 1 is 1.22 bits per heavy atom. The number of hydrogen-bond acceptors (Lipinski definition) is 4. The summed E-state index contributed by atoms with van der Waals surface area (Å²) in [6.45, 7) is 4.35. The summed E-state index contributed by atoms with van der Waals surface area (Å²) in [5.74, 6) is 1.86. The zero-order valence-electron chi connectivity index (χ0n) is 10.2. The van der Waals surface area contributed by atoms with Gasteiger partial charge in [0.15, 0.2) is 0 Å². The third-order valence-corrected chi connectivity index (χ3v) is 2.69. The highest BCUT2D eigenvalue weighted by molar-refractivity contribution is 6.30. The minimum absolute atomic E-state index is 0.390. The van der Waals surface area contributed by atoms with Crippen LogP contribution < -0.4 is 9.47 Å². The topological polar surface area (TPSA) is 44.2 Å². The molecule has 5 heteroatoms. The normalized spacial score (nSPS) is 10.2. The Balaban J connectivity index is 2.23. The zero-order valence-corrected chi connectivity index (χ0v) is 10.9. The van der Waals surface area contributed by atoms with Gasteiger partial charge in [0, 0.05) is 11.6 Å². The summed E-state index contributed by atoms with van der Waals surface area (Å²) in [6, 6.07) is 7.37. The summed E-state index contributed by atoms with van der Waals surface area (Å²) >= 11 is 5.91. The van der Waals surface area contributed by atoms with Crippen LogP contribution in [0.5, 0.6) is 17.4 Å². The van der Waals surface area contributed by atoms with E-state index in [0.29, 0.717) is 29.0 Å². The third kappa shape index (κ3) is 2.90. The van der Waals surface area contributed by atoms with E-state index < -0.39 is 0 Å². The molecular weight excluding hydrogens is 252 g/mol. The molecule has 0 fully saturated rings.